The van der Waals surface area contributed by atoms with Crippen LogP contribution in [0.4, 0.5) is 17.1 Å². The summed E-state index contributed by atoms with van der Waals surface area (Å²) < 4.78 is 5.35. The van der Waals surface area contributed by atoms with E-state index >= 15 is 0 Å². The van der Waals surface area contributed by atoms with Crippen LogP contribution in [0, 0.1) is 28.9 Å². The van der Waals surface area contributed by atoms with Crippen LogP contribution in [0.1, 0.15) is 24.0 Å². The van der Waals surface area contributed by atoms with E-state index in [4.69, 9.17) is 16.3 Å². The molecule has 0 radical (unpaired) electrons. The Hall–Kier alpha value is -3.50. The number of methoxy groups -OCH3 is 1. The van der Waals surface area contributed by atoms with Gasteiger partial charge in [0.1, 0.15) is 17.0 Å². The average molecular weight is 497 g/mol. The summed E-state index contributed by atoms with van der Waals surface area (Å²) in [5, 5.41) is 14.9. The van der Waals surface area contributed by atoms with Crippen molar-refractivity contribution < 1.29 is 24.0 Å². The number of nitrogens with zero attached hydrogens (tertiary/aromatic N) is 3. The molecule has 0 aliphatic carbocycles. The van der Waals surface area contributed by atoms with E-state index in [1.54, 1.807) is 19.1 Å². The van der Waals surface area contributed by atoms with Crippen molar-refractivity contribution in [1.82, 2.24) is 4.90 Å². The van der Waals surface area contributed by atoms with E-state index in [1.807, 2.05) is 4.90 Å². The van der Waals surface area contributed by atoms with Gasteiger partial charge in [-0.2, -0.15) is 0 Å². The van der Waals surface area contributed by atoms with Crippen LogP contribution >= 0.6 is 11.6 Å². The van der Waals surface area contributed by atoms with E-state index < -0.39 is 34.1 Å². The fraction of sp³-hybridized carbons (Fsp3) is 0.375. The highest BCUT2D eigenvalue weighted by Crippen LogP contribution is 2.61. The molecule has 11 heteroatoms. The first-order valence-electron chi connectivity index (χ1n) is 11.3. The highest BCUT2D eigenvalue weighted by atomic mass is 35.5. The zero-order valence-corrected chi connectivity index (χ0v) is 19.7. The molecule has 4 aliphatic heterocycles. The van der Waals surface area contributed by atoms with Gasteiger partial charge >= 0.3 is 0 Å². The summed E-state index contributed by atoms with van der Waals surface area (Å²) in [6.07, 6.45) is 1.45. The first-order valence-corrected chi connectivity index (χ1v) is 11.7. The number of benzene rings is 2. The maximum absolute atomic E-state index is 14.1. The molecule has 1 N–H and O–H groups in total. The Morgan fingerprint density at radius 2 is 1.97 bits per heavy atom. The first kappa shape index (κ1) is 22.0. The SMILES string of the molecule is COc1ccc([N+](=O)[O-])cc1N1C(=O)[C@@H]2[C@@H]3CCCN3[C@@]3(C(=O)Nc4c3ccc(Cl)c4C)[C@H]2C1=O. The van der Waals surface area contributed by atoms with Crippen molar-refractivity contribution in [3.05, 3.63) is 56.6 Å². The number of fused-ring (bicyclic) bond motifs is 7. The van der Waals surface area contributed by atoms with Crippen LogP contribution in [0.15, 0.2) is 30.3 Å². The number of nitrogens with one attached hydrogen (secondary N) is 1. The zero-order chi connectivity index (χ0) is 24.8. The standard InChI is InChI=1S/C24H21ClN4O6/c1-11-14(25)7-6-13-20(11)26-23(32)24(13)19-18(15-4-3-9-27(15)24)21(30)28(22(19)31)16-10-12(29(33)34)5-8-17(16)35-2/h5-8,10,15,18-19H,3-4,9H2,1-2H3,(H,26,32)/t15-,18+,19+,24+/m0/s1. The highest BCUT2D eigenvalue weighted by molar-refractivity contribution is 6.32. The number of imide groups is 1. The molecule has 0 unspecified atom stereocenters. The van der Waals surface area contributed by atoms with Gasteiger partial charge in [0, 0.05) is 28.8 Å². The number of nitro groups is 1. The Kier molecular flexibility index (Phi) is 4.56. The lowest BCUT2D eigenvalue weighted by Crippen LogP contribution is -2.54. The Balaban J connectivity index is 1.56. The van der Waals surface area contributed by atoms with E-state index in [0.29, 0.717) is 34.8 Å². The number of hydrogen-bond donors (Lipinski definition) is 1. The minimum absolute atomic E-state index is 0.0108. The third-order valence-corrected chi connectivity index (χ3v) is 8.39. The smallest absolute Gasteiger partial charge is 0.271 e. The lowest BCUT2D eigenvalue weighted by atomic mass is 9.75. The van der Waals surface area contributed by atoms with Gasteiger partial charge in [-0.25, -0.2) is 4.90 Å². The minimum Gasteiger partial charge on any atom is -0.495 e. The van der Waals surface area contributed by atoms with Crippen molar-refractivity contribution in [2.45, 2.75) is 31.3 Å². The van der Waals surface area contributed by atoms with Gasteiger partial charge in [-0.15, -0.1) is 0 Å². The largest absolute Gasteiger partial charge is 0.495 e. The Bertz CT molecular complexity index is 1360. The molecule has 6 rings (SSSR count). The molecule has 4 atom stereocenters. The fourth-order valence-corrected chi connectivity index (χ4v) is 6.75. The molecule has 1 spiro atoms. The molecule has 0 aromatic heterocycles. The maximum Gasteiger partial charge on any atom is 0.271 e. The predicted octanol–water partition coefficient (Wildman–Crippen LogP) is 3.00. The van der Waals surface area contributed by atoms with Gasteiger partial charge in [-0.05, 0) is 44.0 Å². The summed E-state index contributed by atoms with van der Waals surface area (Å²) in [5.41, 5.74) is 0.286. The quantitative estimate of drug-likeness (QED) is 0.393. The number of amides is 3. The van der Waals surface area contributed by atoms with Gasteiger partial charge in [-0.1, -0.05) is 17.7 Å². The minimum atomic E-state index is -1.36. The Labute approximate surface area is 204 Å². The molecular weight excluding hydrogens is 476 g/mol. The average Bonchev–Trinajstić information content (AvgIpc) is 3.54. The Morgan fingerprint density at radius 3 is 2.69 bits per heavy atom. The summed E-state index contributed by atoms with van der Waals surface area (Å²) in [6.45, 7) is 2.38. The van der Waals surface area contributed by atoms with Crippen LogP contribution in [0.3, 0.4) is 0 Å². The van der Waals surface area contributed by atoms with E-state index in [0.717, 1.165) is 11.3 Å². The molecule has 180 valence electrons. The van der Waals surface area contributed by atoms with Crippen molar-refractivity contribution in [2.24, 2.45) is 11.8 Å². The van der Waals surface area contributed by atoms with Crippen molar-refractivity contribution in [2.75, 3.05) is 23.9 Å². The van der Waals surface area contributed by atoms with Gasteiger partial charge in [0.2, 0.25) is 17.7 Å². The van der Waals surface area contributed by atoms with Crippen molar-refractivity contribution >= 4 is 46.4 Å². The lowest BCUT2D eigenvalue weighted by Gasteiger charge is -2.36. The van der Waals surface area contributed by atoms with E-state index in [9.17, 15) is 24.5 Å². The second-order valence-corrected chi connectivity index (χ2v) is 9.75. The molecule has 0 bridgehead atoms. The second kappa shape index (κ2) is 7.25. The molecule has 4 aliphatic rings. The fourth-order valence-electron chi connectivity index (χ4n) is 6.59. The molecule has 2 aromatic carbocycles. The van der Waals surface area contributed by atoms with Crippen molar-refractivity contribution in [3.63, 3.8) is 0 Å². The topological polar surface area (TPSA) is 122 Å². The summed E-state index contributed by atoms with van der Waals surface area (Å²) in [6, 6.07) is 6.94. The molecule has 2 aromatic rings. The lowest BCUT2D eigenvalue weighted by molar-refractivity contribution is -0.384. The van der Waals surface area contributed by atoms with Crippen LogP contribution in [-0.4, -0.2) is 47.2 Å². The van der Waals surface area contributed by atoms with E-state index in [2.05, 4.69) is 5.32 Å². The number of nitro benzene ring substituents is 1. The van der Waals surface area contributed by atoms with Gasteiger partial charge in [0.15, 0.2) is 0 Å². The Morgan fingerprint density at radius 1 is 1.20 bits per heavy atom. The van der Waals surface area contributed by atoms with E-state index in [1.165, 1.54) is 25.3 Å². The summed E-state index contributed by atoms with van der Waals surface area (Å²) >= 11 is 6.32. The van der Waals surface area contributed by atoms with Gasteiger partial charge < -0.3 is 10.1 Å². The number of halogens is 1. The number of carbonyl (C=O) groups excluding carboxylic acids is 3. The van der Waals surface area contributed by atoms with Crippen LogP contribution in [-0.2, 0) is 19.9 Å². The zero-order valence-electron chi connectivity index (χ0n) is 18.9. The molecular formula is C24H21ClN4O6. The van der Waals surface area contributed by atoms with Gasteiger partial charge in [0.05, 0.1) is 29.6 Å². The third-order valence-electron chi connectivity index (χ3n) is 7.98. The number of rotatable bonds is 3. The van der Waals surface area contributed by atoms with Crippen molar-refractivity contribution in [1.29, 1.82) is 0 Å². The number of non-ortho nitro benzene ring substituents is 1. The molecule has 3 saturated heterocycles. The normalized spacial score (nSPS) is 28.9. The second-order valence-electron chi connectivity index (χ2n) is 9.35. The number of anilines is 2. The van der Waals surface area contributed by atoms with Crippen LogP contribution in [0.25, 0.3) is 0 Å². The molecule has 10 nitrogen and oxygen atoms in total. The van der Waals surface area contributed by atoms with Crippen LogP contribution < -0.4 is 15.0 Å². The van der Waals surface area contributed by atoms with Crippen molar-refractivity contribution in [3.8, 4) is 5.75 Å². The number of carbonyl (C=O) groups is 3. The van der Waals surface area contributed by atoms with Gasteiger partial charge in [-0.3, -0.25) is 29.4 Å². The third kappa shape index (κ3) is 2.55. The predicted molar refractivity (Wildman–Crippen MR) is 125 cm³/mol. The van der Waals surface area contributed by atoms with E-state index in [-0.39, 0.29) is 29.1 Å². The molecule has 3 amide bonds. The molecule has 0 saturated carbocycles. The number of ether oxygens (including phenoxy) is 1. The maximum atomic E-state index is 14.1. The van der Waals surface area contributed by atoms with Crippen LogP contribution in [0.2, 0.25) is 5.02 Å². The number of hydrogen-bond acceptors (Lipinski definition) is 7. The van der Waals surface area contributed by atoms with Gasteiger partial charge in [0.25, 0.3) is 5.69 Å². The van der Waals surface area contributed by atoms with Crippen LogP contribution in [0.5, 0.6) is 5.75 Å². The summed E-state index contributed by atoms with van der Waals surface area (Å²) in [5.74, 6) is -2.98. The first-order chi connectivity index (χ1) is 16.7. The molecule has 4 heterocycles. The highest BCUT2D eigenvalue weighted by Gasteiger charge is 2.75. The summed E-state index contributed by atoms with van der Waals surface area (Å²) in [4.78, 5) is 55.6. The molecule has 35 heavy (non-hydrogen) atoms. The molecule has 3 fully saturated rings. The summed E-state index contributed by atoms with van der Waals surface area (Å²) in [7, 11) is 1.36. The monoisotopic (exact) mass is 496 g/mol.